The van der Waals surface area contributed by atoms with Gasteiger partial charge in [-0.15, -0.1) is 0 Å². The lowest BCUT2D eigenvalue weighted by Gasteiger charge is -2.18. The topological polar surface area (TPSA) is 84.3 Å². The number of carbonyl (C=O) groups excluding carboxylic acids is 2. The lowest BCUT2D eigenvalue weighted by atomic mass is 10.1. The molecule has 3 rings (SSSR count). The van der Waals surface area contributed by atoms with Gasteiger partial charge in [-0.2, -0.15) is 5.10 Å². The van der Waals surface area contributed by atoms with Gasteiger partial charge in [0.05, 0.1) is 22.0 Å². The molecule has 0 fully saturated rings. The molecule has 0 aliphatic rings. The number of aromatic nitrogens is 2. The van der Waals surface area contributed by atoms with E-state index in [1.54, 1.807) is 36.4 Å². The summed E-state index contributed by atoms with van der Waals surface area (Å²) in [6.07, 6.45) is 0. The van der Waals surface area contributed by atoms with Crippen molar-refractivity contribution in [1.29, 1.82) is 0 Å². The van der Waals surface area contributed by atoms with E-state index in [1.807, 2.05) is 13.8 Å². The molecule has 9 heteroatoms. The van der Waals surface area contributed by atoms with Crippen molar-refractivity contribution in [1.82, 2.24) is 14.7 Å². The van der Waals surface area contributed by atoms with E-state index in [2.05, 4.69) is 10.4 Å². The molecular weight excluding hydrogens is 439 g/mol. The van der Waals surface area contributed by atoms with Crippen molar-refractivity contribution in [2.75, 3.05) is 18.9 Å². The molecule has 0 spiro atoms. The first-order valence-corrected chi connectivity index (χ1v) is 10.4. The minimum atomic E-state index is -0.460. The van der Waals surface area contributed by atoms with Gasteiger partial charge >= 0.3 is 0 Å². The van der Waals surface area contributed by atoms with Gasteiger partial charge in [0, 0.05) is 24.7 Å². The average molecular weight is 461 g/mol. The molecule has 2 aromatic carbocycles. The fourth-order valence-electron chi connectivity index (χ4n) is 3.11. The van der Waals surface area contributed by atoms with Crippen LogP contribution >= 0.6 is 23.2 Å². The van der Waals surface area contributed by atoms with Gasteiger partial charge in [0.25, 0.3) is 11.5 Å². The second kappa shape index (κ2) is 9.49. The van der Waals surface area contributed by atoms with E-state index in [9.17, 15) is 14.4 Å². The Bertz CT molecular complexity index is 1210. The maximum Gasteiger partial charge on any atom is 0.275 e. The van der Waals surface area contributed by atoms with Crippen LogP contribution in [0.15, 0.2) is 47.3 Å². The lowest BCUT2D eigenvalue weighted by Crippen LogP contribution is -2.37. The smallest absolute Gasteiger partial charge is 0.275 e. The summed E-state index contributed by atoms with van der Waals surface area (Å²) in [6.45, 7) is 4.10. The highest BCUT2D eigenvalue weighted by molar-refractivity contribution is 6.42. The maximum atomic E-state index is 13.1. The number of rotatable bonds is 6. The zero-order valence-electron chi connectivity index (χ0n) is 17.4. The zero-order chi connectivity index (χ0) is 22.7. The number of nitrogens with one attached hydrogen (secondary N) is 1. The van der Waals surface area contributed by atoms with E-state index in [0.717, 1.165) is 0 Å². The van der Waals surface area contributed by atoms with Crippen molar-refractivity contribution < 1.29 is 9.59 Å². The van der Waals surface area contributed by atoms with E-state index in [4.69, 9.17) is 23.2 Å². The van der Waals surface area contributed by atoms with E-state index < -0.39 is 11.8 Å². The highest BCUT2D eigenvalue weighted by atomic mass is 35.5. The highest BCUT2D eigenvalue weighted by Crippen LogP contribution is 2.25. The van der Waals surface area contributed by atoms with Crippen LogP contribution in [0.2, 0.25) is 10.0 Å². The van der Waals surface area contributed by atoms with Gasteiger partial charge in [-0.05, 0) is 30.2 Å². The summed E-state index contributed by atoms with van der Waals surface area (Å²) < 4.78 is 1.31. The Morgan fingerprint density at radius 3 is 2.42 bits per heavy atom. The summed E-state index contributed by atoms with van der Waals surface area (Å²) in [7, 11) is 1.51. The molecule has 0 saturated heterocycles. The number of nitrogens with zero attached hydrogens (tertiary/aromatic N) is 3. The third-order valence-corrected chi connectivity index (χ3v) is 5.28. The Balaban J connectivity index is 1.85. The molecule has 162 valence electrons. The van der Waals surface area contributed by atoms with E-state index >= 15 is 0 Å². The number of anilines is 1. The molecule has 31 heavy (non-hydrogen) atoms. The molecule has 0 radical (unpaired) electrons. The number of fused-ring (bicyclic) bond motifs is 1. The normalized spacial score (nSPS) is 11.0. The molecule has 1 aromatic heterocycles. The second-order valence-corrected chi connectivity index (χ2v) is 8.43. The van der Waals surface area contributed by atoms with Crippen molar-refractivity contribution in [3.05, 3.63) is 68.6 Å². The van der Waals surface area contributed by atoms with Crippen LogP contribution in [-0.2, 0) is 11.3 Å². The van der Waals surface area contributed by atoms with Crippen molar-refractivity contribution in [2.24, 2.45) is 5.92 Å². The predicted octanol–water partition coefficient (Wildman–Crippen LogP) is 4.07. The molecule has 0 saturated carbocycles. The number of halogens is 2. The van der Waals surface area contributed by atoms with Gasteiger partial charge in [0.1, 0.15) is 0 Å². The quantitative estimate of drug-likeness (QED) is 0.600. The van der Waals surface area contributed by atoms with Crippen LogP contribution in [0.5, 0.6) is 0 Å². The summed E-state index contributed by atoms with van der Waals surface area (Å²) in [5.74, 6) is -0.698. The first-order valence-electron chi connectivity index (χ1n) is 9.67. The third-order valence-electron chi connectivity index (χ3n) is 4.54. The van der Waals surface area contributed by atoms with Crippen LogP contribution in [-0.4, -0.2) is 40.1 Å². The Kier molecular flexibility index (Phi) is 6.97. The standard InChI is InChI=1S/C22H22Cl2N4O3/c1-13(2)11-28-21(30)16-7-5-4-6-15(16)20(26-28)22(31)27(3)12-19(29)25-14-8-9-17(23)18(24)10-14/h4-10,13H,11-12H2,1-3H3,(H,25,29). The Labute approximate surface area is 189 Å². The molecule has 7 nitrogen and oxygen atoms in total. The monoisotopic (exact) mass is 460 g/mol. The van der Waals surface area contributed by atoms with Gasteiger partial charge in [-0.3, -0.25) is 14.4 Å². The van der Waals surface area contributed by atoms with Crippen LogP contribution in [0.1, 0.15) is 24.3 Å². The molecule has 0 bridgehead atoms. The summed E-state index contributed by atoms with van der Waals surface area (Å²) in [6, 6.07) is 11.5. The second-order valence-electron chi connectivity index (χ2n) is 7.61. The molecule has 0 aliphatic carbocycles. The number of carbonyl (C=O) groups is 2. The molecule has 0 atom stereocenters. The Morgan fingerprint density at radius 1 is 1.10 bits per heavy atom. The number of hydrogen-bond donors (Lipinski definition) is 1. The fourth-order valence-corrected chi connectivity index (χ4v) is 3.40. The molecule has 0 unspecified atom stereocenters. The maximum absolute atomic E-state index is 13.1. The summed E-state index contributed by atoms with van der Waals surface area (Å²) in [5.41, 5.74) is 0.343. The Morgan fingerprint density at radius 2 is 1.77 bits per heavy atom. The molecule has 1 N–H and O–H groups in total. The van der Waals surface area contributed by atoms with Crippen molar-refractivity contribution >= 4 is 51.5 Å². The van der Waals surface area contributed by atoms with Gasteiger partial charge in [-0.25, -0.2) is 4.68 Å². The van der Waals surface area contributed by atoms with Crippen LogP contribution in [0.4, 0.5) is 5.69 Å². The largest absolute Gasteiger partial charge is 0.331 e. The predicted molar refractivity (Wildman–Crippen MR) is 123 cm³/mol. The lowest BCUT2D eigenvalue weighted by molar-refractivity contribution is -0.116. The SMILES string of the molecule is CC(C)Cn1nc(C(=O)N(C)CC(=O)Nc2ccc(Cl)c(Cl)c2)c2ccccc2c1=O. The van der Waals surface area contributed by atoms with Crippen molar-refractivity contribution in [3.63, 3.8) is 0 Å². The molecule has 2 amide bonds. The number of amides is 2. The minimum absolute atomic E-state index is 0.126. The molecular formula is C22H22Cl2N4O3. The highest BCUT2D eigenvalue weighted by Gasteiger charge is 2.22. The van der Waals surface area contributed by atoms with Gasteiger partial charge in [-0.1, -0.05) is 55.2 Å². The number of likely N-dealkylation sites (N-methyl/N-ethyl adjacent to an activating group) is 1. The van der Waals surface area contributed by atoms with Crippen molar-refractivity contribution in [2.45, 2.75) is 20.4 Å². The van der Waals surface area contributed by atoms with E-state index in [1.165, 1.54) is 22.7 Å². The first-order chi connectivity index (χ1) is 14.7. The number of hydrogen-bond acceptors (Lipinski definition) is 4. The minimum Gasteiger partial charge on any atom is -0.331 e. The van der Waals surface area contributed by atoms with Gasteiger partial charge < -0.3 is 10.2 Å². The summed E-state index contributed by atoms with van der Waals surface area (Å²) in [4.78, 5) is 39.5. The molecule has 1 heterocycles. The third kappa shape index (κ3) is 5.24. The molecule has 0 aliphatic heterocycles. The van der Waals surface area contributed by atoms with Crippen LogP contribution in [0.25, 0.3) is 10.8 Å². The summed E-state index contributed by atoms with van der Waals surface area (Å²) >= 11 is 11.9. The fraction of sp³-hybridized carbons (Fsp3) is 0.273. The van der Waals surface area contributed by atoms with Crippen LogP contribution < -0.4 is 10.9 Å². The van der Waals surface area contributed by atoms with E-state index in [0.29, 0.717) is 33.0 Å². The first kappa shape index (κ1) is 22.8. The zero-order valence-corrected chi connectivity index (χ0v) is 18.9. The summed E-state index contributed by atoms with van der Waals surface area (Å²) in [5, 5.41) is 8.56. The van der Waals surface area contributed by atoms with Gasteiger partial charge in [0.2, 0.25) is 5.91 Å². The van der Waals surface area contributed by atoms with Crippen LogP contribution in [0.3, 0.4) is 0 Å². The average Bonchev–Trinajstić information content (AvgIpc) is 2.72. The van der Waals surface area contributed by atoms with Crippen LogP contribution in [0, 0.1) is 5.92 Å². The van der Waals surface area contributed by atoms with E-state index in [-0.39, 0.29) is 23.7 Å². The number of benzene rings is 2. The van der Waals surface area contributed by atoms with Gasteiger partial charge in [0.15, 0.2) is 5.69 Å². The molecule has 3 aromatic rings. The Hall–Kier alpha value is -2.90. The van der Waals surface area contributed by atoms with Crippen molar-refractivity contribution in [3.8, 4) is 0 Å².